The van der Waals surface area contributed by atoms with Gasteiger partial charge in [0.05, 0.1) is 27.9 Å². The van der Waals surface area contributed by atoms with E-state index in [1.165, 1.54) is 18.2 Å². The summed E-state index contributed by atoms with van der Waals surface area (Å²) < 4.78 is 40.8. The number of hydrogen-bond acceptors (Lipinski definition) is 4. The van der Waals surface area contributed by atoms with Crippen LogP contribution < -0.4 is 0 Å². The van der Waals surface area contributed by atoms with Crippen LogP contribution in [0.15, 0.2) is 48.5 Å². The second-order valence-corrected chi connectivity index (χ2v) is 7.84. The van der Waals surface area contributed by atoms with Crippen molar-refractivity contribution in [2.45, 2.75) is 31.2 Å². The number of β-amino-alcohol motifs (C(OH)–C–C–N with tert-alkyl or cyclic N) is 1. The Hall–Kier alpha value is -1.96. The average molecular weight is 392 g/mol. The first-order chi connectivity index (χ1) is 12.9. The molecule has 0 saturated carbocycles. The summed E-state index contributed by atoms with van der Waals surface area (Å²) in [6, 6.07) is 13.2. The number of rotatable bonds is 4. The molecule has 0 aliphatic carbocycles. The number of benzene rings is 2. The highest BCUT2D eigenvalue weighted by molar-refractivity contribution is 7.18. The van der Waals surface area contributed by atoms with Gasteiger partial charge in [-0.15, -0.1) is 11.3 Å². The Kier molecular flexibility index (Phi) is 4.92. The highest BCUT2D eigenvalue weighted by atomic mass is 32.1. The Morgan fingerprint density at radius 3 is 2.67 bits per heavy atom. The minimum atomic E-state index is -4.48. The largest absolute Gasteiger partial charge is 0.416 e. The van der Waals surface area contributed by atoms with Gasteiger partial charge in [-0.2, -0.15) is 13.2 Å². The van der Waals surface area contributed by atoms with Crippen molar-refractivity contribution >= 4 is 21.6 Å². The molecule has 3 nitrogen and oxygen atoms in total. The molecule has 0 bridgehead atoms. The fraction of sp³-hybridized carbons (Fsp3) is 0.350. The Labute approximate surface area is 159 Å². The molecular weight excluding hydrogens is 373 g/mol. The van der Waals surface area contributed by atoms with Crippen LogP contribution in [-0.4, -0.2) is 28.1 Å². The molecule has 0 amide bonds. The van der Waals surface area contributed by atoms with Gasteiger partial charge in [0.2, 0.25) is 0 Å². The number of thiazole rings is 1. The first kappa shape index (κ1) is 18.4. The first-order valence-electron chi connectivity index (χ1n) is 8.87. The van der Waals surface area contributed by atoms with Gasteiger partial charge in [0.15, 0.2) is 0 Å². The third-order valence-electron chi connectivity index (χ3n) is 4.99. The van der Waals surface area contributed by atoms with Gasteiger partial charge in [0, 0.05) is 6.54 Å². The van der Waals surface area contributed by atoms with Gasteiger partial charge >= 0.3 is 6.18 Å². The van der Waals surface area contributed by atoms with E-state index in [0.29, 0.717) is 0 Å². The predicted molar refractivity (Wildman–Crippen MR) is 99.6 cm³/mol. The third kappa shape index (κ3) is 3.72. The molecule has 2 aromatic carbocycles. The van der Waals surface area contributed by atoms with Crippen molar-refractivity contribution in [2.75, 3.05) is 13.1 Å². The summed E-state index contributed by atoms with van der Waals surface area (Å²) >= 11 is 1.61. The van der Waals surface area contributed by atoms with Crippen molar-refractivity contribution in [3.63, 3.8) is 0 Å². The minimum Gasteiger partial charge on any atom is -0.387 e. The molecule has 2 heterocycles. The number of aliphatic hydroxyl groups excluding tert-OH is 1. The van der Waals surface area contributed by atoms with Gasteiger partial charge in [-0.3, -0.25) is 4.90 Å². The molecule has 1 aliphatic rings. The van der Waals surface area contributed by atoms with Gasteiger partial charge < -0.3 is 5.11 Å². The molecule has 0 radical (unpaired) electrons. The summed E-state index contributed by atoms with van der Waals surface area (Å²) in [5.41, 5.74) is 0.0977. The molecule has 2 unspecified atom stereocenters. The van der Waals surface area contributed by atoms with E-state index in [2.05, 4.69) is 4.90 Å². The summed E-state index contributed by atoms with van der Waals surface area (Å²) in [6.45, 7) is 0.902. The molecule has 1 N–H and O–H groups in total. The molecule has 0 spiro atoms. The molecule has 142 valence electrons. The lowest BCUT2D eigenvalue weighted by Gasteiger charge is -2.26. The first-order valence-corrected chi connectivity index (χ1v) is 9.69. The summed E-state index contributed by atoms with van der Waals surface area (Å²) in [5, 5.41) is 11.5. The van der Waals surface area contributed by atoms with Crippen molar-refractivity contribution in [3.8, 4) is 0 Å². The Morgan fingerprint density at radius 1 is 1.15 bits per heavy atom. The van der Waals surface area contributed by atoms with Crippen LogP contribution in [0, 0.1) is 0 Å². The van der Waals surface area contributed by atoms with Crippen LogP contribution >= 0.6 is 11.3 Å². The molecule has 1 fully saturated rings. The fourth-order valence-electron chi connectivity index (χ4n) is 3.72. The molecular formula is C20H19F3N2OS. The maximum atomic E-state index is 13.2. The molecule has 1 aliphatic heterocycles. The molecule has 4 rings (SSSR count). The van der Waals surface area contributed by atoms with Crippen LogP contribution in [0.4, 0.5) is 13.2 Å². The van der Waals surface area contributed by atoms with E-state index < -0.39 is 17.8 Å². The van der Waals surface area contributed by atoms with Gasteiger partial charge in [-0.05, 0) is 43.1 Å². The van der Waals surface area contributed by atoms with Crippen molar-refractivity contribution in [2.24, 2.45) is 0 Å². The van der Waals surface area contributed by atoms with Crippen LogP contribution in [0.1, 0.15) is 41.1 Å². The lowest BCUT2D eigenvalue weighted by atomic mass is 10.0. The summed E-state index contributed by atoms with van der Waals surface area (Å²) in [6.07, 6.45) is -3.84. The number of alkyl halides is 3. The Morgan fingerprint density at radius 2 is 1.89 bits per heavy atom. The zero-order chi connectivity index (χ0) is 19.0. The molecule has 1 aromatic heterocycles. The van der Waals surface area contributed by atoms with Crippen LogP contribution in [0.3, 0.4) is 0 Å². The van der Waals surface area contributed by atoms with Crippen LogP contribution in [-0.2, 0) is 6.18 Å². The summed E-state index contributed by atoms with van der Waals surface area (Å²) in [7, 11) is 0. The SMILES string of the molecule is OC(CN1CCCC1c1nc2ccccc2s1)c1ccccc1C(F)(F)F. The smallest absolute Gasteiger partial charge is 0.387 e. The summed E-state index contributed by atoms with van der Waals surface area (Å²) in [5.74, 6) is 0. The van der Waals surface area contributed by atoms with Crippen molar-refractivity contribution in [1.29, 1.82) is 0 Å². The van der Waals surface area contributed by atoms with Crippen molar-refractivity contribution in [1.82, 2.24) is 9.88 Å². The van der Waals surface area contributed by atoms with Gasteiger partial charge in [0.25, 0.3) is 0 Å². The maximum absolute atomic E-state index is 13.2. The second kappa shape index (κ2) is 7.22. The van der Waals surface area contributed by atoms with E-state index in [4.69, 9.17) is 4.98 Å². The number of likely N-dealkylation sites (tertiary alicyclic amines) is 1. The van der Waals surface area contributed by atoms with Gasteiger partial charge in [-0.1, -0.05) is 30.3 Å². The van der Waals surface area contributed by atoms with E-state index >= 15 is 0 Å². The Bertz CT molecular complexity index is 907. The van der Waals surface area contributed by atoms with E-state index in [0.717, 1.165) is 40.7 Å². The zero-order valence-corrected chi connectivity index (χ0v) is 15.3. The number of aromatic nitrogens is 1. The summed E-state index contributed by atoms with van der Waals surface area (Å²) in [4.78, 5) is 6.75. The predicted octanol–water partition coefficient (Wildman–Crippen LogP) is 5.19. The molecule has 2 atom stereocenters. The number of aliphatic hydroxyl groups is 1. The maximum Gasteiger partial charge on any atom is 0.416 e. The van der Waals surface area contributed by atoms with Crippen LogP contribution in [0.2, 0.25) is 0 Å². The van der Waals surface area contributed by atoms with Gasteiger partial charge in [0.1, 0.15) is 5.01 Å². The molecule has 7 heteroatoms. The van der Waals surface area contributed by atoms with Gasteiger partial charge in [-0.25, -0.2) is 4.98 Å². The van der Waals surface area contributed by atoms with E-state index in [1.54, 1.807) is 11.3 Å². The second-order valence-electron chi connectivity index (χ2n) is 6.77. The average Bonchev–Trinajstić information content (AvgIpc) is 3.27. The standard InChI is InChI=1S/C20H19F3N2OS/c21-20(22,23)14-7-2-1-6-13(14)17(26)12-25-11-5-9-16(25)19-24-15-8-3-4-10-18(15)27-19/h1-4,6-8,10,16-17,26H,5,9,11-12H2. The quantitative estimate of drug-likeness (QED) is 0.664. The number of hydrogen-bond donors (Lipinski definition) is 1. The lowest BCUT2D eigenvalue weighted by molar-refractivity contribution is -0.139. The molecule has 27 heavy (non-hydrogen) atoms. The third-order valence-corrected chi connectivity index (χ3v) is 6.13. The number of nitrogens with zero attached hydrogens (tertiary/aromatic N) is 2. The number of halogens is 3. The Balaban J connectivity index is 1.57. The van der Waals surface area contributed by atoms with Crippen LogP contribution in [0.5, 0.6) is 0 Å². The highest BCUT2D eigenvalue weighted by Gasteiger charge is 2.36. The minimum absolute atomic E-state index is 0.0371. The molecule has 3 aromatic rings. The number of fused-ring (bicyclic) bond motifs is 1. The van der Waals surface area contributed by atoms with E-state index in [1.807, 2.05) is 24.3 Å². The fourth-order valence-corrected chi connectivity index (χ4v) is 4.86. The van der Waals surface area contributed by atoms with Crippen molar-refractivity contribution in [3.05, 3.63) is 64.7 Å². The van der Waals surface area contributed by atoms with Crippen LogP contribution in [0.25, 0.3) is 10.2 Å². The monoisotopic (exact) mass is 392 g/mol. The van der Waals surface area contributed by atoms with Crippen molar-refractivity contribution < 1.29 is 18.3 Å². The number of para-hydroxylation sites is 1. The normalized spacial score (nSPS) is 19.6. The lowest BCUT2D eigenvalue weighted by Crippen LogP contribution is -2.29. The zero-order valence-electron chi connectivity index (χ0n) is 14.5. The van der Waals surface area contributed by atoms with E-state index in [-0.39, 0.29) is 18.2 Å². The topological polar surface area (TPSA) is 36.4 Å². The highest BCUT2D eigenvalue weighted by Crippen LogP contribution is 2.39. The molecule has 1 saturated heterocycles. The van der Waals surface area contributed by atoms with E-state index in [9.17, 15) is 18.3 Å².